The third-order valence-electron chi connectivity index (χ3n) is 5.63. The number of carbonyl (C=O) groups excluding carboxylic acids is 2. The second-order valence-corrected chi connectivity index (χ2v) is 9.90. The van der Waals surface area contributed by atoms with Crippen LogP contribution in [-0.4, -0.2) is 75.5 Å². The lowest BCUT2D eigenvalue weighted by Crippen LogP contribution is -2.52. The third-order valence-corrected chi connectivity index (χ3v) is 7.19. The Labute approximate surface area is 200 Å². The molecule has 1 fully saturated rings. The first-order chi connectivity index (χ1) is 16.2. The number of esters is 1. The fourth-order valence-corrected chi connectivity index (χ4v) is 4.85. The van der Waals surface area contributed by atoms with Crippen LogP contribution in [0.5, 0.6) is 5.75 Å². The molecule has 0 aromatic heterocycles. The molecule has 0 radical (unpaired) electrons. The van der Waals surface area contributed by atoms with Crippen molar-refractivity contribution in [3.8, 4) is 5.75 Å². The summed E-state index contributed by atoms with van der Waals surface area (Å²) in [6.45, 7) is 6.21. The number of sulfonamides is 1. The number of carbonyl (C=O) groups is 2. The van der Waals surface area contributed by atoms with Crippen molar-refractivity contribution >= 4 is 21.9 Å². The minimum Gasteiger partial charge on any atom is -0.497 e. The van der Waals surface area contributed by atoms with Crippen molar-refractivity contribution in [3.05, 3.63) is 60.2 Å². The number of hydrogen-bond donors (Lipinski definition) is 1. The zero-order valence-electron chi connectivity index (χ0n) is 19.6. The molecule has 1 N–H and O–H groups in total. The Bertz CT molecular complexity index is 1070. The normalized spacial score (nSPS) is 16.5. The third kappa shape index (κ3) is 6.78. The van der Waals surface area contributed by atoms with Crippen LogP contribution in [0.2, 0.25) is 0 Å². The van der Waals surface area contributed by atoms with Gasteiger partial charge in [-0.3, -0.25) is 14.5 Å². The second kappa shape index (κ2) is 11.5. The van der Waals surface area contributed by atoms with Crippen molar-refractivity contribution in [2.45, 2.75) is 37.4 Å². The Morgan fingerprint density at radius 2 is 1.59 bits per heavy atom. The fraction of sp³-hybridized carbons (Fsp3) is 0.417. The minimum absolute atomic E-state index is 0.00884. The van der Waals surface area contributed by atoms with E-state index < -0.39 is 28.1 Å². The Kier molecular flexibility index (Phi) is 8.65. The van der Waals surface area contributed by atoms with Gasteiger partial charge in [-0.15, -0.1) is 0 Å². The number of amides is 1. The molecule has 34 heavy (non-hydrogen) atoms. The Hall–Kier alpha value is -2.95. The second-order valence-electron chi connectivity index (χ2n) is 8.18. The molecular formula is C24H31N3O6S. The van der Waals surface area contributed by atoms with Gasteiger partial charge in [0.05, 0.1) is 12.0 Å². The lowest BCUT2D eigenvalue weighted by Gasteiger charge is -2.35. The smallest absolute Gasteiger partial charge is 0.324 e. The largest absolute Gasteiger partial charge is 0.497 e. The van der Waals surface area contributed by atoms with Crippen molar-refractivity contribution in [1.82, 2.24) is 14.5 Å². The number of benzene rings is 2. The highest BCUT2D eigenvalue weighted by molar-refractivity contribution is 7.89. The van der Waals surface area contributed by atoms with Gasteiger partial charge in [0.2, 0.25) is 10.0 Å². The lowest BCUT2D eigenvalue weighted by molar-refractivity contribution is -0.160. The summed E-state index contributed by atoms with van der Waals surface area (Å²) in [6.07, 6.45) is -1.01. The van der Waals surface area contributed by atoms with E-state index in [4.69, 9.17) is 9.47 Å². The summed E-state index contributed by atoms with van der Waals surface area (Å²) in [6, 6.07) is 14.7. The minimum atomic E-state index is -3.95. The average Bonchev–Trinajstić information content (AvgIpc) is 2.84. The molecule has 10 heteroatoms. The fourth-order valence-electron chi connectivity index (χ4n) is 3.66. The van der Waals surface area contributed by atoms with E-state index in [0.29, 0.717) is 18.8 Å². The van der Waals surface area contributed by atoms with Crippen LogP contribution in [0, 0.1) is 0 Å². The van der Waals surface area contributed by atoms with Gasteiger partial charge in [-0.05, 0) is 43.7 Å². The predicted octanol–water partition coefficient (Wildman–Crippen LogP) is 1.64. The molecule has 3 rings (SSSR count). The van der Waals surface area contributed by atoms with Crippen LogP contribution >= 0.6 is 0 Å². The number of nitrogens with zero attached hydrogens (tertiary/aromatic N) is 2. The van der Waals surface area contributed by atoms with E-state index in [1.54, 1.807) is 4.90 Å². The molecule has 1 amide bonds. The summed E-state index contributed by atoms with van der Waals surface area (Å²) < 4.78 is 37.7. The summed E-state index contributed by atoms with van der Waals surface area (Å²) in [7, 11) is -2.47. The van der Waals surface area contributed by atoms with Gasteiger partial charge in [-0.2, -0.15) is 4.72 Å². The molecule has 1 saturated heterocycles. The SMILES string of the molecule is COc1ccc(S(=O)(=O)N[C@@H](C)C(=O)OC(C)C(=O)N2CCN(Cc3ccccc3)CC2)cc1. The molecule has 2 atom stereocenters. The van der Waals surface area contributed by atoms with Gasteiger partial charge in [0.15, 0.2) is 6.10 Å². The van der Waals surface area contributed by atoms with Gasteiger partial charge < -0.3 is 14.4 Å². The molecule has 9 nitrogen and oxygen atoms in total. The van der Waals surface area contributed by atoms with E-state index >= 15 is 0 Å². The Morgan fingerprint density at radius 1 is 0.971 bits per heavy atom. The van der Waals surface area contributed by atoms with Gasteiger partial charge in [-0.25, -0.2) is 8.42 Å². The molecule has 1 unspecified atom stereocenters. The molecule has 0 aliphatic carbocycles. The Morgan fingerprint density at radius 3 is 2.18 bits per heavy atom. The van der Waals surface area contributed by atoms with Crippen LogP contribution in [0.1, 0.15) is 19.4 Å². The van der Waals surface area contributed by atoms with Crippen molar-refractivity contribution in [1.29, 1.82) is 0 Å². The first-order valence-corrected chi connectivity index (χ1v) is 12.6. The van der Waals surface area contributed by atoms with E-state index in [9.17, 15) is 18.0 Å². The maximum Gasteiger partial charge on any atom is 0.324 e. The average molecular weight is 490 g/mol. The molecule has 0 bridgehead atoms. The molecule has 0 spiro atoms. The number of methoxy groups -OCH3 is 1. The van der Waals surface area contributed by atoms with E-state index in [1.807, 2.05) is 18.2 Å². The molecule has 0 saturated carbocycles. The monoisotopic (exact) mass is 489 g/mol. The predicted molar refractivity (Wildman–Crippen MR) is 127 cm³/mol. The van der Waals surface area contributed by atoms with Crippen molar-refractivity contribution < 1.29 is 27.5 Å². The van der Waals surface area contributed by atoms with Gasteiger partial charge >= 0.3 is 5.97 Å². The van der Waals surface area contributed by atoms with Gasteiger partial charge in [0, 0.05) is 32.7 Å². The highest BCUT2D eigenvalue weighted by atomic mass is 32.2. The van der Waals surface area contributed by atoms with Crippen LogP contribution in [0.25, 0.3) is 0 Å². The number of piperazine rings is 1. The highest BCUT2D eigenvalue weighted by Gasteiger charge is 2.30. The standard InChI is InChI=1S/C24H31N3O6S/c1-18(25-34(30,31)22-11-9-21(32-3)10-12-22)24(29)33-19(2)23(28)27-15-13-26(14-16-27)17-20-7-5-4-6-8-20/h4-12,18-19,25H,13-17H2,1-3H3/t18-,19?/m0/s1. The molecule has 2 aromatic rings. The molecule has 1 aliphatic heterocycles. The molecule has 2 aromatic carbocycles. The molecule has 1 heterocycles. The maximum absolute atomic E-state index is 12.8. The number of hydrogen-bond acceptors (Lipinski definition) is 7. The van der Waals surface area contributed by atoms with Gasteiger partial charge in [-0.1, -0.05) is 30.3 Å². The Balaban J connectivity index is 1.48. The van der Waals surface area contributed by atoms with Gasteiger partial charge in [0.1, 0.15) is 11.8 Å². The number of nitrogens with one attached hydrogen (secondary N) is 1. The van der Waals surface area contributed by atoms with Crippen LogP contribution in [0.3, 0.4) is 0 Å². The van der Waals surface area contributed by atoms with Gasteiger partial charge in [0.25, 0.3) is 5.91 Å². The number of ether oxygens (including phenoxy) is 2. The lowest BCUT2D eigenvalue weighted by atomic mass is 10.2. The molecular weight excluding hydrogens is 458 g/mol. The summed E-state index contributed by atoms with van der Waals surface area (Å²) in [5.74, 6) is -0.599. The van der Waals surface area contributed by atoms with E-state index in [0.717, 1.165) is 19.6 Å². The summed E-state index contributed by atoms with van der Waals surface area (Å²) in [4.78, 5) is 29.2. The van der Waals surface area contributed by atoms with Crippen molar-refractivity contribution in [2.24, 2.45) is 0 Å². The maximum atomic E-state index is 12.8. The highest BCUT2D eigenvalue weighted by Crippen LogP contribution is 2.16. The van der Waals surface area contributed by atoms with Crippen molar-refractivity contribution in [3.63, 3.8) is 0 Å². The summed E-state index contributed by atoms with van der Waals surface area (Å²) in [5, 5.41) is 0. The van der Waals surface area contributed by atoms with E-state index in [2.05, 4.69) is 21.8 Å². The summed E-state index contributed by atoms with van der Waals surface area (Å²) in [5.41, 5.74) is 1.22. The van der Waals surface area contributed by atoms with Crippen LogP contribution in [-0.2, 0) is 30.9 Å². The van der Waals surface area contributed by atoms with Crippen molar-refractivity contribution in [2.75, 3.05) is 33.3 Å². The topological polar surface area (TPSA) is 105 Å². The number of rotatable bonds is 9. The van der Waals surface area contributed by atoms with E-state index in [-0.39, 0.29) is 10.8 Å². The van der Waals surface area contributed by atoms with Crippen LogP contribution in [0.15, 0.2) is 59.5 Å². The van der Waals surface area contributed by atoms with E-state index in [1.165, 1.54) is 50.8 Å². The first-order valence-electron chi connectivity index (χ1n) is 11.1. The summed E-state index contributed by atoms with van der Waals surface area (Å²) >= 11 is 0. The zero-order chi connectivity index (χ0) is 24.7. The van der Waals surface area contributed by atoms with Crippen LogP contribution in [0.4, 0.5) is 0 Å². The zero-order valence-corrected chi connectivity index (χ0v) is 20.5. The molecule has 1 aliphatic rings. The quantitative estimate of drug-likeness (QED) is 0.534. The molecule has 184 valence electrons. The van der Waals surface area contributed by atoms with Crippen LogP contribution < -0.4 is 9.46 Å². The first kappa shape index (κ1) is 25.7.